The van der Waals surface area contributed by atoms with Crippen molar-refractivity contribution in [3.63, 3.8) is 0 Å². The van der Waals surface area contributed by atoms with Crippen molar-refractivity contribution in [2.24, 2.45) is 0 Å². The van der Waals surface area contributed by atoms with Gasteiger partial charge in [-0.2, -0.15) is 0 Å². The van der Waals surface area contributed by atoms with Gasteiger partial charge < -0.3 is 40.5 Å². The molecule has 1 saturated heterocycles. The zero-order chi connectivity index (χ0) is 49.1. The Bertz CT molecular complexity index is 2070. The van der Waals surface area contributed by atoms with Gasteiger partial charge in [0.05, 0.1) is 0 Å². The molecule has 0 bridgehead atoms. The fourth-order valence-electron chi connectivity index (χ4n) is 8.37. The van der Waals surface area contributed by atoms with Crippen LogP contribution in [0.25, 0.3) is 0 Å². The molecule has 1 unspecified atom stereocenters. The lowest BCUT2D eigenvalue weighted by Gasteiger charge is -2.36. The maximum atomic E-state index is 15.0. The molecule has 4 N–H and O–H groups in total. The molecule has 0 aliphatic carbocycles. The van der Waals surface area contributed by atoms with Crippen LogP contribution in [0.3, 0.4) is 0 Å². The van der Waals surface area contributed by atoms with Gasteiger partial charge in [0.2, 0.25) is 23.6 Å². The van der Waals surface area contributed by atoms with Crippen molar-refractivity contribution in [3.05, 3.63) is 144 Å². The number of hydrogen-bond donors (Lipinski definition) is 4. The zero-order valence-electron chi connectivity index (χ0n) is 40.5. The van der Waals surface area contributed by atoms with E-state index in [1.54, 1.807) is 51.3 Å². The summed E-state index contributed by atoms with van der Waals surface area (Å²) in [4.78, 5) is 88.1. The first kappa shape index (κ1) is 52.3. The quantitative estimate of drug-likeness (QED) is 0.105. The Kier molecular flexibility index (Phi) is 19.6. The van der Waals surface area contributed by atoms with E-state index < -0.39 is 47.6 Å². The molecule has 1 aliphatic heterocycles. The summed E-state index contributed by atoms with van der Waals surface area (Å²) in [5.74, 6) is -1.36. The van der Waals surface area contributed by atoms with Crippen LogP contribution in [-0.2, 0) is 54.3 Å². The third kappa shape index (κ3) is 18.9. The summed E-state index contributed by atoms with van der Waals surface area (Å²) < 4.78 is 11.0. The molecule has 6 amide bonds. The van der Waals surface area contributed by atoms with Gasteiger partial charge in [0.25, 0.3) is 0 Å². The first-order valence-electron chi connectivity index (χ1n) is 23.7. The predicted octanol–water partition coefficient (Wildman–Crippen LogP) is 6.94. The lowest BCUT2D eigenvalue weighted by Crippen LogP contribution is -2.53. The van der Waals surface area contributed by atoms with Gasteiger partial charge in [0.1, 0.15) is 11.2 Å². The van der Waals surface area contributed by atoms with Crippen molar-refractivity contribution in [2.75, 3.05) is 26.2 Å². The van der Waals surface area contributed by atoms with Crippen molar-refractivity contribution in [2.45, 2.75) is 128 Å². The molecule has 364 valence electrons. The van der Waals surface area contributed by atoms with Crippen molar-refractivity contribution < 1.29 is 38.2 Å². The minimum atomic E-state index is -0.745. The average Bonchev–Trinajstić information content (AvgIpc) is 3.26. The largest absolute Gasteiger partial charge is 0.444 e. The van der Waals surface area contributed by atoms with Gasteiger partial charge in [0, 0.05) is 76.0 Å². The van der Waals surface area contributed by atoms with E-state index in [4.69, 9.17) is 9.47 Å². The molecule has 0 saturated carbocycles. The number of hydrogen-bond acceptors (Lipinski definition) is 8. The summed E-state index contributed by atoms with van der Waals surface area (Å²) in [6.07, 6.45) is -0.514. The van der Waals surface area contributed by atoms with Crippen LogP contribution < -0.4 is 21.3 Å². The molecule has 4 atom stereocenters. The highest BCUT2D eigenvalue weighted by atomic mass is 16.6. The number of carbonyl (C=O) groups excluding carboxylic acids is 6. The van der Waals surface area contributed by atoms with Crippen molar-refractivity contribution in [1.29, 1.82) is 0 Å². The molecule has 1 heterocycles. The van der Waals surface area contributed by atoms with E-state index in [1.807, 2.05) is 121 Å². The molecule has 0 radical (unpaired) electrons. The number of rotatable bonds is 14. The normalized spacial score (nSPS) is 19.1. The molecule has 0 spiro atoms. The van der Waals surface area contributed by atoms with E-state index in [2.05, 4.69) is 21.3 Å². The molecule has 4 aromatic rings. The molecule has 14 heteroatoms. The molecular formula is C54H70N6O8. The van der Waals surface area contributed by atoms with E-state index in [1.165, 1.54) is 0 Å². The monoisotopic (exact) mass is 931 g/mol. The molecular weight excluding hydrogens is 861 g/mol. The summed E-state index contributed by atoms with van der Waals surface area (Å²) in [6.45, 7) is 10.8. The predicted molar refractivity (Wildman–Crippen MR) is 262 cm³/mol. The molecule has 1 aliphatic rings. The lowest BCUT2D eigenvalue weighted by atomic mass is 9.96. The van der Waals surface area contributed by atoms with Gasteiger partial charge >= 0.3 is 12.2 Å². The van der Waals surface area contributed by atoms with Gasteiger partial charge in [-0.15, -0.1) is 0 Å². The Morgan fingerprint density at radius 1 is 0.485 bits per heavy atom. The molecule has 4 aromatic carbocycles. The highest BCUT2D eigenvalue weighted by molar-refractivity contribution is 5.84. The number of alkyl carbamates (subject to hydrolysis) is 2. The van der Waals surface area contributed by atoms with Crippen LogP contribution in [-0.4, -0.2) is 107 Å². The number of amides is 6. The molecule has 14 nitrogen and oxygen atoms in total. The van der Waals surface area contributed by atoms with Crippen LogP contribution in [0.4, 0.5) is 9.59 Å². The lowest BCUT2D eigenvalue weighted by molar-refractivity contribution is -0.136. The molecule has 0 aromatic heterocycles. The minimum Gasteiger partial charge on any atom is -0.444 e. The summed E-state index contributed by atoms with van der Waals surface area (Å²) in [7, 11) is 0. The van der Waals surface area contributed by atoms with Crippen LogP contribution >= 0.6 is 0 Å². The number of nitrogens with one attached hydrogen (secondary N) is 4. The van der Waals surface area contributed by atoms with Crippen molar-refractivity contribution >= 4 is 35.8 Å². The van der Waals surface area contributed by atoms with Crippen molar-refractivity contribution in [1.82, 2.24) is 31.1 Å². The number of carbonyl (C=O) groups is 6. The Balaban J connectivity index is 1.58. The second-order valence-corrected chi connectivity index (χ2v) is 19.4. The van der Waals surface area contributed by atoms with Gasteiger partial charge in [-0.1, -0.05) is 121 Å². The fourth-order valence-corrected chi connectivity index (χ4v) is 8.37. The van der Waals surface area contributed by atoms with Gasteiger partial charge in [-0.05, 0) is 89.5 Å². The number of benzene rings is 4. The topological polar surface area (TPSA) is 175 Å². The van der Waals surface area contributed by atoms with Gasteiger partial charge in [0.15, 0.2) is 0 Å². The summed E-state index contributed by atoms with van der Waals surface area (Å²) in [5.41, 5.74) is 2.09. The number of ether oxygens (including phenoxy) is 2. The Labute approximate surface area is 401 Å². The first-order valence-corrected chi connectivity index (χ1v) is 23.7. The minimum absolute atomic E-state index is 0.0359. The van der Waals surface area contributed by atoms with Crippen LogP contribution in [0.1, 0.15) is 89.5 Å². The summed E-state index contributed by atoms with van der Waals surface area (Å²) >= 11 is 0. The molecule has 5 rings (SSSR count). The second kappa shape index (κ2) is 25.4. The Morgan fingerprint density at radius 2 is 0.779 bits per heavy atom. The zero-order valence-corrected chi connectivity index (χ0v) is 40.5. The van der Waals surface area contributed by atoms with E-state index >= 15 is 0 Å². The van der Waals surface area contributed by atoms with Crippen LogP contribution in [0.5, 0.6) is 0 Å². The summed E-state index contributed by atoms with van der Waals surface area (Å²) in [6, 6.07) is 35.5. The third-order valence-electron chi connectivity index (χ3n) is 11.3. The van der Waals surface area contributed by atoms with E-state index in [-0.39, 0.29) is 75.5 Å². The van der Waals surface area contributed by atoms with Crippen LogP contribution in [0.15, 0.2) is 121 Å². The molecule has 68 heavy (non-hydrogen) atoms. The Morgan fingerprint density at radius 3 is 1.07 bits per heavy atom. The third-order valence-corrected chi connectivity index (χ3v) is 11.3. The maximum absolute atomic E-state index is 15.0. The maximum Gasteiger partial charge on any atom is 0.407 e. The highest BCUT2D eigenvalue weighted by Gasteiger charge is 2.34. The Hall–Kier alpha value is -6.70. The molecule has 1 fully saturated rings. The van der Waals surface area contributed by atoms with Crippen LogP contribution in [0.2, 0.25) is 0 Å². The standard InChI is InChI=1S/C54H70N6O8/c1-53(2,3)67-51(65)55-27-29-59-45(33-41-23-15-9-16-24-41)37-47(61)58-44(32-40-21-13-8-14-22-40)36-50(64)60(30-28-56-52(66)68-54(4,5)6)46(34-42-25-17-10-18-26-42)38-48(62)57-43(35-49(59)63)31-39-19-11-7-12-20-39/h7-26,43-46H,27-38H2,1-6H3,(H,55,65)(H,56,66)(H,57,62)(H,58,61)/t43-,44?,45-,46-/m0/s1. The van der Waals surface area contributed by atoms with E-state index in [0.717, 1.165) is 22.3 Å². The number of nitrogens with zero attached hydrogens (tertiary/aromatic N) is 2. The van der Waals surface area contributed by atoms with Gasteiger partial charge in [-0.25, -0.2) is 9.59 Å². The summed E-state index contributed by atoms with van der Waals surface area (Å²) in [5, 5.41) is 11.9. The van der Waals surface area contributed by atoms with Crippen molar-refractivity contribution in [3.8, 4) is 0 Å². The second-order valence-electron chi connectivity index (χ2n) is 19.4. The SMILES string of the molecule is CC(C)(C)OC(=O)NCCN1C(=O)C[C@H](Cc2ccccc2)NC(=O)C[C@H](Cc2ccccc2)N(CCNC(=O)OC(C)(C)C)C(=O)CC(Cc2ccccc2)NC(=O)C[C@@H]1Cc1ccccc1. The smallest absolute Gasteiger partial charge is 0.407 e. The average molecular weight is 931 g/mol. The van der Waals surface area contributed by atoms with E-state index in [0.29, 0.717) is 25.7 Å². The first-order chi connectivity index (χ1) is 32.4. The van der Waals surface area contributed by atoms with Crippen LogP contribution in [0, 0.1) is 0 Å². The van der Waals surface area contributed by atoms with Gasteiger partial charge in [-0.3, -0.25) is 19.2 Å². The highest BCUT2D eigenvalue weighted by Crippen LogP contribution is 2.21. The fraction of sp³-hybridized carbons (Fsp3) is 0.444. The van der Waals surface area contributed by atoms with E-state index in [9.17, 15) is 28.8 Å².